The van der Waals surface area contributed by atoms with E-state index in [1.807, 2.05) is 0 Å². The van der Waals surface area contributed by atoms with Gasteiger partial charge >= 0.3 is 0 Å². The lowest BCUT2D eigenvalue weighted by atomic mass is 10.0. The van der Waals surface area contributed by atoms with Crippen LogP contribution in [0.2, 0.25) is 5.15 Å². The molecule has 0 amide bonds. The minimum Gasteiger partial charge on any atom is -0.378 e. The van der Waals surface area contributed by atoms with Crippen molar-refractivity contribution in [1.82, 2.24) is 20.0 Å². The van der Waals surface area contributed by atoms with Crippen molar-refractivity contribution in [3.05, 3.63) is 21.6 Å². The molecule has 0 aliphatic carbocycles. The van der Waals surface area contributed by atoms with E-state index in [0.29, 0.717) is 23.8 Å². The van der Waals surface area contributed by atoms with Crippen molar-refractivity contribution >= 4 is 17.3 Å². The summed E-state index contributed by atoms with van der Waals surface area (Å²) in [7, 11) is 0. The van der Waals surface area contributed by atoms with Gasteiger partial charge in [-0.2, -0.15) is 5.10 Å². The molecule has 134 valence electrons. The van der Waals surface area contributed by atoms with Crippen molar-refractivity contribution in [2.24, 2.45) is 0 Å². The molecule has 0 saturated carbocycles. The predicted octanol–water partition coefficient (Wildman–Crippen LogP) is 1.02. The van der Waals surface area contributed by atoms with Crippen molar-refractivity contribution in [3.8, 4) is 0 Å². The van der Waals surface area contributed by atoms with Gasteiger partial charge in [-0.05, 0) is 20.8 Å². The molecule has 8 heteroatoms. The van der Waals surface area contributed by atoms with Crippen LogP contribution in [-0.2, 0) is 4.74 Å². The summed E-state index contributed by atoms with van der Waals surface area (Å²) < 4.78 is 5.31. The van der Waals surface area contributed by atoms with E-state index in [9.17, 15) is 4.79 Å². The van der Waals surface area contributed by atoms with Gasteiger partial charge in [0.2, 0.25) is 0 Å². The van der Waals surface area contributed by atoms with E-state index in [1.54, 1.807) is 6.07 Å². The van der Waals surface area contributed by atoms with Crippen molar-refractivity contribution in [2.75, 3.05) is 38.2 Å². The highest BCUT2D eigenvalue weighted by atomic mass is 35.5. The van der Waals surface area contributed by atoms with Crippen LogP contribution in [0.4, 0.5) is 5.69 Å². The topological polar surface area (TPSA) is 73.5 Å². The van der Waals surface area contributed by atoms with Gasteiger partial charge in [-0.25, -0.2) is 5.10 Å². The normalized spacial score (nSPS) is 25.9. The van der Waals surface area contributed by atoms with Gasteiger partial charge in [-0.3, -0.25) is 14.6 Å². The first kappa shape index (κ1) is 17.7. The van der Waals surface area contributed by atoms with E-state index in [4.69, 9.17) is 16.3 Å². The molecule has 1 aromatic heterocycles. The highest BCUT2D eigenvalue weighted by molar-refractivity contribution is 6.29. The average Bonchev–Trinajstić information content (AvgIpc) is 2.49. The van der Waals surface area contributed by atoms with E-state index in [0.717, 1.165) is 32.8 Å². The summed E-state index contributed by atoms with van der Waals surface area (Å²) in [6.45, 7) is 11.5. The second kappa shape index (κ2) is 7.39. The van der Waals surface area contributed by atoms with E-state index < -0.39 is 0 Å². The van der Waals surface area contributed by atoms with Gasteiger partial charge in [0, 0.05) is 43.8 Å². The van der Waals surface area contributed by atoms with Crippen LogP contribution >= 0.6 is 11.6 Å². The second-order valence-electron chi connectivity index (χ2n) is 6.88. The van der Waals surface area contributed by atoms with Crippen molar-refractivity contribution in [1.29, 1.82) is 0 Å². The van der Waals surface area contributed by atoms with Gasteiger partial charge in [0.05, 0.1) is 19.3 Å². The fourth-order valence-corrected chi connectivity index (χ4v) is 3.66. The number of H-pyrrole nitrogens is 1. The minimum atomic E-state index is -0.249. The SMILES string of the molecule is CC([C@H](C)Nc1cc(Cl)n[nH]c1=O)N1CCN(C2COC2)C[C@@H]1C. The van der Waals surface area contributed by atoms with E-state index in [2.05, 4.69) is 46.1 Å². The summed E-state index contributed by atoms with van der Waals surface area (Å²) >= 11 is 5.87. The van der Waals surface area contributed by atoms with Crippen LogP contribution in [0.1, 0.15) is 20.8 Å². The second-order valence-corrected chi connectivity index (χ2v) is 7.27. The van der Waals surface area contributed by atoms with Gasteiger partial charge in [0.15, 0.2) is 5.15 Å². The number of aromatic amines is 1. The highest BCUT2D eigenvalue weighted by Crippen LogP contribution is 2.21. The molecule has 7 nitrogen and oxygen atoms in total. The number of rotatable bonds is 5. The summed E-state index contributed by atoms with van der Waals surface area (Å²) in [5.74, 6) is 0. The lowest BCUT2D eigenvalue weighted by Crippen LogP contribution is -2.62. The lowest BCUT2D eigenvalue weighted by molar-refractivity contribution is -0.0887. The molecule has 3 atom stereocenters. The summed E-state index contributed by atoms with van der Waals surface area (Å²) in [6, 6.07) is 3.05. The maximum Gasteiger partial charge on any atom is 0.287 e. The molecular weight excluding hydrogens is 330 g/mol. The van der Waals surface area contributed by atoms with E-state index >= 15 is 0 Å². The van der Waals surface area contributed by atoms with Gasteiger partial charge in [0.25, 0.3) is 5.56 Å². The summed E-state index contributed by atoms with van der Waals surface area (Å²) in [6.07, 6.45) is 0. The number of aromatic nitrogens is 2. The molecule has 24 heavy (non-hydrogen) atoms. The molecule has 0 spiro atoms. The third-order valence-corrected chi connectivity index (χ3v) is 5.44. The van der Waals surface area contributed by atoms with Crippen molar-refractivity contribution in [3.63, 3.8) is 0 Å². The Morgan fingerprint density at radius 2 is 2.17 bits per heavy atom. The Morgan fingerprint density at radius 3 is 2.79 bits per heavy atom. The Labute approximate surface area is 147 Å². The number of ether oxygens (including phenoxy) is 1. The zero-order chi connectivity index (χ0) is 17.3. The summed E-state index contributed by atoms with van der Waals surface area (Å²) in [4.78, 5) is 16.9. The molecule has 2 aliphatic heterocycles. The first-order valence-corrected chi connectivity index (χ1v) is 8.93. The molecule has 0 aromatic carbocycles. The van der Waals surface area contributed by atoms with Crippen LogP contribution in [0, 0.1) is 0 Å². The molecular formula is C16H26ClN5O2. The summed E-state index contributed by atoms with van der Waals surface area (Å²) in [5, 5.41) is 9.65. The van der Waals surface area contributed by atoms with E-state index in [1.165, 1.54) is 0 Å². The van der Waals surface area contributed by atoms with Crippen molar-refractivity contribution in [2.45, 2.75) is 44.9 Å². The molecule has 2 aliphatic rings. The quantitative estimate of drug-likeness (QED) is 0.821. The highest BCUT2D eigenvalue weighted by Gasteiger charge is 2.34. The Hall–Kier alpha value is -1.15. The van der Waals surface area contributed by atoms with Gasteiger partial charge in [-0.1, -0.05) is 11.6 Å². The first-order chi connectivity index (χ1) is 11.5. The molecule has 0 radical (unpaired) electrons. The van der Waals surface area contributed by atoms with E-state index in [-0.39, 0.29) is 16.8 Å². The molecule has 1 unspecified atom stereocenters. The fraction of sp³-hybridized carbons (Fsp3) is 0.750. The average molecular weight is 356 g/mol. The first-order valence-electron chi connectivity index (χ1n) is 8.55. The Bertz CT molecular complexity index is 621. The molecule has 3 rings (SSSR count). The number of hydrogen-bond donors (Lipinski definition) is 2. The molecule has 2 N–H and O–H groups in total. The Morgan fingerprint density at radius 1 is 1.42 bits per heavy atom. The zero-order valence-electron chi connectivity index (χ0n) is 14.5. The third-order valence-electron chi connectivity index (χ3n) is 5.25. The molecule has 1 aromatic rings. The largest absolute Gasteiger partial charge is 0.378 e. The Balaban J connectivity index is 1.59. The van der Waals surface area contributed by atoms with Crippen LogP contribution in [0.15, 0.2) is 10.9 Å². The van der Waals surface area contributed by atoms with Crippen LogP contribution in [0.3, 0.4) is 0 Å². The maximum atomic E-state index is 11.9. The molecule has 0 bridgehead atoms. The number of hydrogen-bond acceptors (Lipinski definition) is 6. The van der Waals surface area contributed by atoms with Crippen LogP contribution in [0.5, 0.6) is 0 Å². The van der Waals surface area contributed by atoms with Crippen LogP contribution in [0.25, 0.3) is 0 Å². The van der Waals surface area contributed by atoms with Gasteiger partial charge in [0.1, 0.15) is 5.69 Å². The number of anilines is 1. The number of nitrogens with one attached hydrogen (secondary N) is 2. The Kier molecular flexibility index (Phi) is 5.44. The van der Waals surface area contributed by atoms with Crippen molar-refractivity contribution < 1.29 is 4.74 Å². The van der Waals surface area contributed by atoms with Gasteiger partial charge in [-0.15, -0.1) is 0 Å². The van der Waals surface area contributed by atoms with Crippen LogP contribution < -0.4 is 10.9 Å². The monoisotopic (exact) mass is 355 g/mol. The number of piperazine rings is 1. The summed E-state index contributed by atoms with van der Waals surface area (Å²) in [5.41, 5.74) is 0.216. The molecule has 2 fully saturated rings. The van der Waals surface area contributed by atoms with Crippen LogP contribution in [-0.4, -0.2) is 77.0 Å². The standard InChI is InChI=1S/C16H26ClN5O2/c1-10-7-21(13-8-24-9-13)4-5-22(10)12(3)11(2)18-14-6-15(17)19-20-16(14)23/h6,10-13H,4-5,7-9H2,1-3H3,(H,18,19)(H,20,23)/t10-,11-,12?/m0/s1. The third kappa shape index (κ3) is 3.74. The lowest BCUT2D eigenvalue weighted by Gasteiger charge is -2.48. The minimum absolute atomic E-state index is 0.116. The maximum absolute atomic E-state index is 11.9. The van der Waals surface area contributed by atoms with Gasteiger partial charge < -0.3 is 10.1 Å². The smallest absolute Gasteiger partial charge is 0.287 e. The number of nitrogens with zero attached hydrogens (tertiary/aromatic N) is 3. The fourth-order valence-electron chi connectivity index (χ4n) is 3.51. The number of halogens is 1. The molecule has 2 saturated heterocycles. The predicted molar refractivity (Wildman–Crippen MR) is 94.8 cm³/mol. The zero-order valence-corrected chi connectivity index (χ0v) is 15.2. The molecule has 3 heterocycles.